The number of hydrazone groups is 1. The molecule has 0 spiro atoms. The van der Waals surface area contributed by atoms with Crippen LogP contribution in [0.4, 0.5) is 5.82 Å². The van der Waals surface area contributed by atoms with Crippen LogP contribution in [0.3, 0.4) is 0 Å². The van der Waals surface area contributed by atoms with Crippen LogP contribution in [0.25, 0.3) is 20.7 Å². The molecule has 0 aliphatic carbocycles. The van der Waals surface area contributed by atoms with Crippen LogP contribution in [0.5, 0.6) is 17.2 Å². The van der Waals surface area contributed by atoms with E-state index in [1.807, 2.05) is 36.4 Å². The number of nitrogens with one attached hydrogen (secondary N) is 1. The number of thiophene rings is 1. The molecule has 0 unspecified atom stereocenters. The van der Waals surface area contributed by atoms with Crippen LogP contribution >= 0.6 is 11.3 Å². The van der Waals surface area contributed by atoms with E-state index >= 15 is 0 Å². The lowest BCUT2D eigenvalue weighted by Gasteiger charge is -2.06. The maximum atomic E-state index is 9.75. The van der Waals surface area contributed by atoms with Gasteiger partial charge in [0.15, 0.2) is 17.3 Å². The summed E-state index contributed by atoms with van der Waals surface area (Å²) in [7, 11) is 1.41. The molecule has 0 saturated carbocycles. The highest BCUT2D eigenvalue weighted by Crippen LogP contribution is 2.36. The first kappa shape index (κ1) is 17.7. The van der Waals surface area contributed by atoms with E-state index in [2.05, 4.69) is 20.5 Å². The maximum Gasteiger partial charge on any atom is 0.200 e. The molecule has 0 bridgehead atoms. The van der Waals surface area contributed by atoms with Crippen molar-refractivity contribution in [3.63, 3.8) is 0 Å². The molecule has 2 aromatic heterocycles. The Morgan fingerprint density at radius 1 is 1.11 bits per heavy atom. The molecular formula is C20H16N4O3S. The van der Waals surface area contributed by atoms with E-state index in [1.54, 1.807) is 17.4 Å². The minimum absolute atomic E-state index is 0.163. The van der Waals surface area contributed by atoms with Crippen molar-refractivity contribution in [3.8, 4) is 27.7 Å². The topological polar surface area (TPSA) is 99.9 Å². The second-order valence-corrected chi connectivity index (χ2v) is 6.91. The van der Waals surface area contributed by atoms with Gasteiger partial charge in [0.1, 0.15) is 11.2 Å². The van der Waals surface area contributed by atoms with E-state index in [4.69, 9.17) is 4.74 Å². The lowest BCUT2D eigenvalue weighted by Crippen LogP contribution is -1.95. The Kier molecular flexibility index (Phi) is 4.77. The van der Waals surface area contributed by atoms with Gasteiger partial charge < -0.3 is 14.9 Å². The van der Waals surface area contributed by atoms with Gasteiger partial charge in [0.05, 0.1) is 18.7 Å². The molecule has 4 rings (SSSR count). The Labute approximate surface area is 164 Å². The van der Waals surface area contributed by atoms with Crippen molar-refractivity contribution in [3.05, 3.63) is 60.4 Å². The zero-order valence-corrected chi connectivity index (χ0v) is 15.6. The molecule has 0 atom stereocenters. The molecule has 0 radical (unpaired) electrons. The zero-order valence-electron chi connectivity index (χ0n) is 14.8. The van der Waals surface area contributed by atoms with Gasteiger partial charge in [0, 0.05) is 10.4 Å². The molecule has 4 aromatic rings. The normalized spacial score (nSPS) is 11.2. The zero-order chi connectivity index (χ0) is 19.5. The second-order valence-electron chi connectivity index (χ2n) is 5.88. The van der Waals surface area contributed by atoms with E-state index in [0.717, 1.165) is 20.7 Å². The van der Waals surface area contributed by atoms with Crippen LogP contribution in [0.15, 0.2) is 60.0 Å². The van der Waals surface area contributed by atoms with Gasteiger partial charge in [-0.25, -0.2) is 9.97 Å². The number of phenolic OH excluding ortho intramolecular Hbond substituents is 2. The van der Waals surface area contributed by atoms with Gasteiger partial charge in [-0.2, -0.15) is 5.10 Å². The first-order chi connectivity index (χ1) is 13.7. The molecule has 8 heteroatoms. The fourth-order valence-electron chi connectivity index (χ4n) is 2.70. The van der Waals surface area contributed by atoms with E-state index in [1.165, 1.54) is 25.7 Å². The minimum atomic E-state index is -0.308. The van der Waals surface area contributed by atoms with Crippen molar-refractivity contribution >= 4 is 33.6 Å². The quantitative estimate of drug-likeness (QED) is 0.267. The van der Waals surface area contributed by atoms with Crippen LogP contribution in [-0.2, 0) is 0 Å². The standard InChI is InChI=1S/C20H16N4O3S/c1-27-16-8-12(7-15(25)18(16)26)10-23-24-19-14-9-17(13-5-3-2-4-6-13)28-20(14)22-11-21-19/h2-11,25-26H,1H3,(H,21,22,24)/b23-10+. The summed E-state index contributed by atoms with van der Waals surface area (Å²) in [6.07, 6.45) is 2.99. The fraction of sp³-hybridized carbons (Fsp3) is 0.0500. The number of rotatable bonds is 5. The number of nitrogens with zero attached hydrogens (tertiary/aromatic N) is 3. The number of phenols is 2. The Morgan fingerprint density at radius 2 is 1.93 bits per heavy atom. The number of fused-ring (bicyclic) bond motifs is 1. The van der Waals surface area contributed by atoms with Gasteiger partial charge in [-0.05, 0) is 23.8 Å². The molecule has 140 valence electrons. The predicted molar refractivity (Wildman–Crippen MR) is 110 cm³/mol. The van der Waals surface area contributed by atoms with Crippen LogP contribution in [0.2, 0.25) is 0 Å². The van der Waals surface area contributed by atoms with Gasteiger partial charge in [-0.3, -0.25) is 5.43 Å². The number of aromatic hydroxyl groups is 2. The number of ether oxygens (including phenoxy) is 1. The van der Waals surface area contributed by atoms with Crippen molar-refractivity contribution in [1.82, 2.24) is 9.97 Å². The summed E-state index contributed by atoms with van der Waals surface area (Å²) in [5.74, 6) is 0.151. The molecule has 0 amide bonds. The molecule has 0 fully saturated rings. The molecule has 0 saturated heterocycles. The van der Waals surface area contributed by atoms with Crippen molar-refractivity contribution in [2.45, 2.75) is 0 Å². The minimum Gasteiger partial charge on any atom is -0.504 e. The maximum absolute atomic E-state index is 9.75. The predicted octanol–water partition coefficient (Wildman–Crippen LogP) is 4.22. The molecule has 2 heterocycles. The van der Waals surface area contributed by atoms with Gasteiger partial charge in [0.25, 0.3) is 0 Å². The number of benzene rings is 2. The molecule has 7 nitrogen and oxygen atoms in total. The van der Waals surface area contributed by atoms with Crippen molar-refractivity contribution < 1.29 is 14.9 Å². The summed E-state index contributed by atoms with van der Waals surface area (Å²) in [6, 6.07) is 15.1. The lowest BCUT2D eigenvalue weighted by atomic mass is 10.2. The average molecular weight is 392 g/mol. The average Bonchev–Trinajstić information content (AvgIpc) is 3.16. The van der Waals surface area contributed by atoms with E-state index in [-0.39, 0.29) is 17.2 Å². The van der Waals surface area contributed by atoms with Crippen LogP contribution in [-0.4, -0.2) is 33.5 Å². The largest absolute Gasteiger partial charge is 0.504 e. The molecular weight excluding hydrogens is 376 g/mol. The third-order valence-corrected chi connectivity index (χ3v) is 5.16. The number of hydrogen-bond acceptors (Lipinski definition) is 8. The fourth-order valence-corrected chi connectivity index (χ4v) is 3.71. The number of hydrogen-bond donors (Lipinski definition) is 3. The third kappa shape index (κ3) is 3.45. The molecule has 0 aliphatic heterocycles. The first-order valence-corrected chi connectivity index (χ1v) is 9.16. The molecule has 0 aliphatic rings. The highest BCUT2D eigenvalue weighted by molar-refractivity contribution is 7.21. The first-order valence-electron chi connectivity index (χ1n) is 8.34. The smallest absolute Gasteiger partial charge is 0.200 e. The van der Waals surface area contributed by atoms with Gasteiger partial charge >= 0.3 is 0 Å². The second kappa shape index (κ2) is 7.53. The third-order valence-electron chi connectivity index (χ3n) is 4.07. The van der Waals surface area contributed by atoms with Gasteiger partial charge in [-0.15, -0.1) is 11.3 Å². The van der Waals surface area contributed by atoms with Gasteiger partial charge in [-0.1, -0.05) is 30.3 Å². The summed E-state index contributed by atoms with van der Waals surface area (Å²) >= 11 is 1.58. The lowest BCUT2D eigenvalue weighted by molar-refractivity contribution is 0.351. The van der Waals surface area contributed by atoms with Gasteiger partial charge in [0.2, 0.25) is 5.75 Å². The Balaban J connectivity index is 1.61. The Hall–Kier alpha value is -3.65. The molecule has 3 N–H and O–H groups in total. The monoisotopic (exact) mass is 392 g/mol. The highest BCUT2D eigenvalue weighted by atomic mass is 32.1. The molecule has 28 heavy (non-hydrogen) atoms. The van der Waals surface area contributed by atoms with E-state index in [9.17, 15) is 10.2 Å². The van der Waals surface area contributed by atoms with E-state index < -0.39 is 0 Å². The van der Waals surface area contributed by atoms with E-state index in [0.29, 0.717) is 11.4 Å². The summed E-state index contributed by atoms with van der Waals surface area (Å²) in [5.41, 5.74) is 4.59. The van der Waals surface area contributed by atoms with Crippen LogP contribution in [0.1, 0.15) is 5.56 Å². The number of aromatic nitrogens is 2. The van der Waals surface area contributed by atoms with Crippen molar-refractivity contribution in [2.24, 2.45) is 5.10 Å². The van der Waals surface area contributed by atoms with Crippen LogP contribution in [0, 0.1) is 0 Å². The molecule has 2 aromatic carbocycles. The summed E-state index contributed by atoms with van der Waals surface area (Å²) in [6.45, 7) is 0. The number of anilines is 1. The number of methoxy groups -OCH3 is 1. The van der Waals surface area contributed by atoms with Crippen molar-refractivity contribution in [2.75, 3.05) is 12.5 Å². The summed E-state index contributed by atoms with van der Waals surface area (Å²) in [5, 5.41) is 24.5. The summed E-state index contributed by atoms with van der Waals surface area (Å²) in [4.78, 5) is 10.6. The summed E-state index contributed by atoms with van der Waals surface area (Å²) < 4.78 is 5.02. The van der Waals surface area contributed by atoms with Crippen LogP contribution < -0.4 is 10.2 Å². The Morgan fingerprint density at radius 3 is 2.71 bits per heavy atom. The van der Waals surface area contributed by atoms with Crippen molar-refractivity contribution in [1.29, 1.82) is 0 Å². The Bertz CT molecular complexity index is 1160. The SMILES string of the molecule is COc1cc(/C=N/Nc2ncnc3sc(-c4ccccc4)cc23)cc(O)c1O. The highest BCUT2D eigenvalue weighted by Gasteiger charge is 2.10.